The Balaban J connectivity index is 1.88. The third kappa shape index (κ3) is 4.83. The van der Waals surface area contributed by atoms with Crippen molar-refractivity contribution in [3.63, 3.8) is 0 Å². The van der Waals surface area contributed by atoms with Gasteiger partial charge < -0.3 is 16.4 Å². The molecule has 0 radical (unpaired) electrons. The smallest absolute Gasteiger partial charge is 0.364 e. The number of nitrogens with zero attached hydrogens (tertiary/aromatic N) is 1. The first kappa shape index (κ1) is 17.0. The highest BCUT2D eigenvalue weighted by Crippen LogP contribution is 2.37. The van der Waals surface area contributed by atoms with Gasteiger partial charge in [0.15, 0.2) is 0 Å². The standard InChI is InChI=1S/C14H17F3N4O2/c15-14(16,17)8-2-1-3-9(6-8)20-13(23)21-10-4-5-11(12(18)22)19-7-10/h4-5,7-9H,1-3,6H2,(H2,18,22)(H2,20,21,23)/t8-,9-/m0/s1. The average Bonchev–Trinajstić information content (AvgIpc) is 2.47. The number of hydrogen-bond donors (Lipinski definition) is 3. The van der Waals surface area contributed by atoms with Crippen molar-refractivity contribution >= 4 is 17.6 Å². The minimum atomic E-state index is -4.23. The Labute approximate surface area is 130 Å². The molecule has 1 aliphatic carbocycles. The van der Waals surface area contributed by atoms with Crippen molar-refractivity contribution in [2.24, 2.45) is 11.7 Å². The van der Waals surface area contributed by atoms with Crippen molar-refractivity contribution in [2.45, 2.75) is 37.9 Å². The Kier molecular flexibility index (Phi) is 5.07. The molecule has 3 amide bonds. The van der Waals surface area contributed by atoms with Gasteiger partial charge in [-0.15, -0.1) is 0 Å². The number of pyridine rings is 1. The van der Waals surface area contributed by atoms with Crippen LogP contribution < -0.4 is 16.4 Å². The summed E-state index contributed by atoms with van der Waals surface area (Å²) < 4.78 is 38.2. The highest BCUT2D eigenvalue weighted by atomic mass is 19.4. The fraction of sp³-hybridized carbons (Fsp3) is 0.500. The van der Waals surface area contributed by atoms with Crippen molar-refractivity contribution in [3.8, 4) is 0 Å². The minimum absolute atomic E-state index is 0.0521. The van der Waals surface area contributed by atoms with Crippen LogP contribution in [0.1, 0.15) is 36.2 Å². The van der Waals surface area contributed by atoms with Crippen LogP contribution in [0.25, 0.3) is 0 Å². The Morgan fingerprint density at radius 2 is 2.00 bits per heavy atom. The van der Waals surface area contributed by atoms with Crippen LogP contribution in [0.2, 0.25) is 0 Å². The zero-order valence-corrected chi connectivity index (χ0v) is 12.2. The lowest BCUT2D eigenvalue weighted by Gasteiger charge is -2.30. The number of alkyl halides is 3. The number of urea groups is 1. The number of amides is 3. The van der Waals surface area contributed by atoms with Gasteiger partial charge >= 0.3 is 12.2 Å². The molecule has 0 bridgehead atoms. The van der Waals surface area contributed by atoms with Gasteiger partial charge in [-0.05, 0) is 31.4 Å². The van der Waals surface area contributed by atoms with Crippen LogP contribution in [0.3, 0.4) is 0 Å². The van der Waals surface area contributed by atoms with Crippen molar-refractivity contribution in [1.29, 1.82) is 0 Å². The summed E-state index contributed by atoms with van der Waals surface area (Å²) in [6.45, 7) is 0. The summed E-state index contributed by atoms with van der Waals surface area (Å²) in [5.41, 5.74) is 5.41. The fourth-order valence-electron chi connectivity index (χ4n) is 2.58. The zero-order chi connectivity index (χ0) is 17.0. The van der Waals surface area contributed by atoms with Gasteiger partial charge in [-0.2, -0.15) is 13.2 Å². The van der Waals surface area contributed by atoms with Crippen LogP contribution >= 0.6 is 0 Å². The Hall–Kier alpha value is -2.32. The van der Waals surface area contributed by atoms with Gasteiger partial charge in [-0.25, -0.2) is 9.78 Å². The number of carbonyl (C=O) groups excluding carboxylic acids is 2. The fourth-order valence-corrected chi connectivity index (χ4v) is 2.58. The van der Waals surface area contributed by atoms with Gasteiger partial charge in [0.05, 0.1) is 17.8 Å². The van der Waals surface area contributed by atoms with Crippen molar-refractivity contribution < 1.29 is 22.8 Å². The van der Waals surface area contributed by atoms with E-state index in [4.69, 9.17) is 5.73 Å². The van der Waals surface area contributed by atoms with Crippen molar-refractivity contribution in [3.05, 3.63) is 24.0 Å². The zero-order valence-electron chi connectivity index (χ0n) is 12.2. The second-order valence-electron chi connectivity index (χ2n) is 5.50. The second-order valence-corrected chi connectivity index (χ2v) is 5.50. The summed E-state index contributed by atoms with van der Waals surface area (Å²) in [6.07, 6.45) is -2.06. The Bertz CT molecular complexity index is 574. The molecule has 0 aromatic carbocycles. The lowest BCUT2D eigenvalue weighted by atomic mass is 9.85. The maximum absolute atomic E-state index is 12.7. The summed E-state index contributed by atoms with van der Waals surface area (Å²) in [7, 11) is 0. The van der Waals surface area contributed by atoms with Gasteiger partial charge in [0.25, 0.3) is 5.91 Å². The first-order chi connectivity index (χ1) is 10.8. The predicted octanol–water partition coefficient (Wildman–Crippen LogP) is 2.42. The third-order valence-corrected chi connectivity index (χ3v) is 3.75. The molecular formula is C14H17F3N4O2. The van der Waals surface area contributed by atoms with E-state index in [1.54, 1.807) is 0 Å². The van der Waals surface area contributed by atoms with Crippen LogP contribution in [0.15, 0.2) is 18.3 Å². The molecule has 2 atom stereocenters. The van der Waals surface area contributed by atoms with E-state index in [0.29, 0.717) is 18.5 Å². The third-order valence-electron chi connectivity index (χ3n) is 3.75. The topological polar surface area (TPSA) is 97.1 Å². The number of halogens is 3. The number of nitrogens with two attached hydrogens (primary N) is 1. The maximum Gasteiger partial charge on any atom is 0.391 e. The van der Waals surface area contributed by atoms with Crippen LogP contribution in [0.4, 0.5) is 23.7 Å². The van der Waals surface area contributed by atoms with Gasteiger partial charge in [0.2, 0.25) is 0 Å². The van der Waals surface area contributed by atoms with E-state index in [0.717, 1.165) is 0 Å². The van der Waals surface area contributed by atoms with Crippen LogP contribution in [0, 0.1) is 5.92 Å². The molecule has 2 rings (SSSR count). The van der Waals surface area contributed by atoms with Crippen LogP contribution in [-0.2, 0) is 0 Å². The number of carbonyl (C=O) groups is 2. The molecule has 0 saturated heterocycles. The summed E-state index contributed by atoms with van der Waals surface area (Å²) >= 11 is 0. The number of anilines is 1. The molecule has 1 fully saturated rings. The number of primary amides is 1. The second kappa shape index (κ2) is 6.84. The molecule has 23 heavy (non-hydrogen) atoms. The molecule has 1 saturated carbocycles. The summed E-state index contributed by atoms with van der Waals surface area (Å²) in [5.74, 6) is -2.07. The molecule has 1 heterocycles. The average molecular weight is 330 g/mol. The van der Waals surface area contributed by atoms with E-state index < -0.39 is 30.1 Å². The summed E-state index contributed by atoms with van der Waals surface area (Å²) in [4.78, 5) is 26.5. The Morgan fingerprint density at radius 1 is 1.26 bits per heavy atom. The van der Waals surface area contributed by atoms with Gasteiger partial charge in [-0.3, -0.25) is 4.79 Å². The summed E-state index contributed by atoms with van der Waals surface area (Å²) in [6, 6.07) is 1.66. The van der Waals surface area contributed by atoms with Crippen LogP contribution in [-0.4, -0.2) is 29.1 Å². The molecule has 1 aromatic heterocycles. The molecule has 0 unspecified atom stereocenters. The first-order valence-corrected chi connectivity index (χ1v) is 7.16. The number of nitrogens with one attached hydrogen (secondary N) is 2. The van der Waals surface area contributed by atoms with E-state index in [-0.39, 0.29) is 18.5 Å². The summed E-state index contributed by atoms with van der Waals surface area (Å²) in [5, 5.41) is 5.00. The van der Waals surface area contributed by atoms with E-state index in [1.807, 2.05) is 0 Å². The lowest BCUT2D eigenvalue weighted by Crippen LogP contribution is -2.43. The van der Waals surface area contributed by atoms with Gasteiger partial charge in [-0.1, -0.05) is 6.42 Å². The van der Waals surface area contributed by atoms with Crippen molar-refractivity contribution in [1.82, 2.24) is 10.3 Å². The molecule has 0 aliphatic heterocycles. The SMILES string of the molecule is NC(=O)c1ccc(NC(=O)N[C@H]2CCC[C@H](C(F)(F)F)C2)cn1. The number of rotatable bonds is 3. The van der Waals surface area contributed by atoms with Crippen molar-refractivity contribution in [2.75, 3.05) is 5.32 Å². The lowest BCUT2D eigenvalue weighted by molar-refractivity contribution is -0.183. The quantitative estimate of drug-likeness (QED) is 0.794. The Morgan fingerprint density at radius 3 is 2.57 bits per heavy atom. The highest BCUT2D eigenvalue weighted by Gasteiger charge is 2.42. The maximum atomic E-state index is 12.7. The molecule has 4 N–H and O–H groups in total. The molecular weight excluding hydrogens is 313 g/mol. The number of aromatic nitrogens is 1. The molecule has 0 spiro atoms. The highest BCUT2D eigenvalue weighted by molar-refractivity contribution is 5.92. The molecule has 1 aliphatic rings. The molecule has 1 aromatic rings. The first-order valence-electron chi connectivity index (χ1n) is 7.16. The van der Waals surface area contributed by atoms with E-state index in [1.165, 1.54) is 18.3 Å². The van der Waals surface area contributed by atoms with Gasteiger partial charge in [0, 0.05) is 6.04 Å². The minimum Gasteiger partial charge on any atom is -0.364 e. The largest absolute Gasteiger partial charge is 0.391 e. The monoisotopic (exact) mass is 330 g/mol. The molecule has 126 valence electrons. The molecule has 6 nitrogen and oxygen atoms in total. The van der Waals surface area contributed by atoms with E-state index in [9.17, 15) is 22.8 Å². The van der Waals surface area contributed by atoms with E-state index in [2.05, 4.69) is 15.6 Å². The number of hydrogen-bond acceptors (Lipinski definition) is 3. The molecule has 9 heteroatoms. The van der Waals surface area contributed by atoms with Crippen LogP contribution in [0.5, 0.6) is 0 Å². The van der Waals surface area contributed by atoms with Gasteiger partial charge in [0.1, 0.15) is 5.69 Å². The normalized spacial score (nSPS) is 21.5. The van der Waals surface area contributed by atoms with E-state index >= 15 is 0 Å². The predicted molar refractivity (Wildman–Crippen MR) is 76.7 cm³/mol.